The van der Waals surface area contributed by atoms with Crippen molar-refractivity contribution >= 4 is 36.2 Å². The summed E-state index contributed by atoms with van der Waals surface area (Å²) < 4.78 is 35.8. The van der Waals surface area contributed by atoms with E-state index in [0.717, 1.165) is 19.3 Å². The van der Waals surface area contributed by atoms with Gasteiger partial charge in [0.25, 0.3) is 0 Å². The van der Waals surface area contributed by atoms with Crippen LogP contribution in [0.3, 0.4) is 0 Å². The summed E-state index contributed by atoms with van der Waals surface area (Å²) in [6, 6.07) is -0.554. The predicted molar refractivity (Wildman–Crippen MR) is 387 cm³/mol. The number of rotatable bonds is 44. The molecule has 95 heavy (non-hydrogen) atoms. The Bertz CT molecular complexity index is 2360. The molecule has 0 aliphatic carbocycles. The SMILES string of the molecule is CCC(C)OCCN(CCOC(=O)NC(C)(CC)C(C)(C)CC(C)(C)NC(=O)N(C)CCN(C)C(=O)NC(CC)(CC)C(C)(C)CC(C)(C)NC(=O)OC(C)(C)CCOC(C)(C)CCOC(=O)NC(C)(CC)C(C)(C)CC(C)(C)NC(=O)C(C)(CC)CC)CCOC(C)(C)C. The molecule has 0 saturated heterocycles. The summed E-state index contributed by atoms with van der Waals surface area (Å²) in [5.41, 5.74) is -7.60. The number of urea groups is 2. The molecule has 0 aliphatic rings. The van der Waals surface area contributed by atoms with Crippen molar-refractivity contribution in [3.05, 3.63) is 0 Å². The molecule has 0 spiro atoms. The lowest BCUT2D eigenvalue weighted by Gasteiger charge is -2.50. The fourth-order valence-electron chi connectivity index (χ4n) is 13.0. The van der Waals surface area contributed by atoms with E-state index in [1.165, 1.54) is 0 Å². The minimum Gasteiger partial charge on any atom is -0.449 e. The van der Waals surface area contributed by atoms with Gasteiger partial charge in [0.15, 0.2) is 0 Å². The van der Waals surface area contributed by atoms with Gasteiger partial charge in [0, 0.05) is 98.3 Å². The van der Waals surface area contributed by atoms with Gasteiger partial charge in [-0.1, -0.05) is 96.9 Å². The predicted octanol–water partition coefficient (Wildman–Crippen LogP) is 15.2. The summed E-state index contributed by atoms with van der Waals surface area (Å²) in [4.78, 5) is 87.1. The molecule has 21 nitrogen and oxygen atoms in total. The molecule has 0 radical (unpaired) electrons. The molecular formula is C74H147N9O12. The average Bonchev–Trinajstić information content (AvgIpc) is 0.793. The fourth-order valence-corrected chi connectivity index (χ4v) is 13.0. The molecule has 0 rings (SSSR count). The van der Waals surface area contributed by atoms with Crippen molar-refractivity contribution in [1.82, 2.24) is 46.6 Å². The Balaban J connectivity index is 5.56. The summed E-state index contributed by atoms with van der Waals surface area (Å²) >= 11 is 0. The Morgan fingerprint density at radius 2 is 0.811 bits per heavy atom. The van der Waals surface area contributed by atoms with Crippen molar-refractivity contribution in [2.75, 3.05) is 79.9 Å². The first-order chi connectivity index (χ1) is 43.0. The third-order valence-corrected chi connectivity index (χ3v) is 21.0. The van der Waals surface area contributed by atoms with Gasteiger partial charge < -0.3 is 70.1 Å². The van der Waals surface area contributed by atoms with Crippen LogP contribution in [0.25, 0.3) is 0 Å². The standard InChI is InChI=1S/C74H147N9O12/c1-33-55(8)90-49-44-83(46-51-93-62(9,10)11)45-50-92-60(88)80-73(30,37-5)64(14,15)53-67(20,21)76-57(85)81(31)42-43-82(32)58(86)77-74(38-6,39-7)65(16,17)54-68(22,23)78-61(89)95-70(26,27)41-48-94-69(24,25)40-47-91-59(87)79-72(29,36-4)63(12,13)52-66(18,19)75-56(84)71(28,34-2)35-3/h55H,33-54H2,1-32H3,(H,75,84)(H,76,85)(H,77,86)(H,78,89)(H,79,87)(H,80,88). The maximum atomic E-state index is 14.1. The normalized spacial score (nSPS) is 15.0. The van der Waals surface area contributed by atoms with Crippen LogP contribution in [-0.4, -0.2) is 187 Å². The molecule has 0 aromatic carbocycles. The molecule has 3 atom stereocenters. The highest BCUT2D eigenvalue weighted by molar-refractivity contribution is 5.82. The second kappa shape index (κ2) is 37.2. The molecule has 0 fully saturated rings. The summed E-state index contributed by atoms with van der Waals surface area (Å²) in [5.74, 6) is 0.0419. The highest BCUT2D eigenvalue weighted by Crippen LogP contribution is 2.45. The molecule has 0 bridgehead atoms. The van der Waals surface area contributed by atoms with Crippen LogP contribution in [0.5, 0.6) is 0 Å². The number of likely N-dealkylation sites (N-methyl/N-ethyl adjacent to an activating group) is 2. The lowest BCUT2D eigenvalue weighted by atomic mass is 9.63. The minimum absolute atomic E-state index is 0.0419. The molecule has 0 heterocycles. The van der Waals surface area contributed by atoms with Gasteiger partial charge in [-0.25, -0.2) is 24.0 Å². The van der Waals surface area contributed by atoms with Gasteiger partial charge >= 0.3 is 30.3 Å². The van der Waals surface area contributed by atoms with E-state index in [9.17, 15) is 28.8 Å². The van der Waals surface area contributed by atoms with E-state index in [1.807, 2.05) is 138 Å². The van der Waals surface area contributed by atoms with Crippen LogP contribution in [0.1, 0.15) is 285 Å². The maximum Gasteiger partial charge on any atom is 0.408 e. The molecule has 0 saturated carbocycles. The number of amides is 8. The van der Waals surface area contributed by atoms with E-state index in [0.29, 0.717) is 90.6 Å². The monoisotopic (exact) mass is 1350 g/mol. The number of ether oxygens (including phenoxy) is 6. The Labute approximate surface area is 580 Å². The molecule has 0 aliphatic heterocycles. The second-order valence-corrected chi connectivity index (χ2v) is 34.2. The third-order valence-electron chi connectivity index (χ3n) is 21.0. The van der Waals surface area contributed by atoms with E-state index in [1.54, 1.807) is 23.9 Å². The van der Waals surface area contributed by atoms with Crippen LogP contribution < -0.4 is 31.9 Å². The van der Waals surface area contributed by atoms with E-state index >= 15 is 0 Å². The molecule has 6 N–H and O–H groups in total. The van der Waals surface area contributed by atoms with Crippen LogP contribution in [0, 0.1) is 21.7 Å². The number of carbonyl (C=O) groups excluding carboxylic acids is 6. The first kappa shape index (κ1) is 90.7. The van der Waals surface area contributed by atoms with Crippen molar-refractivity contribution in [2.45, 2.75) is 341 Å². The lowest BCUT2D eigenvalue weighted by molar-refractivity contribution is -0.132. The minimum atomic E-state index is -0.886. The Morgan fingerprint density at radius 1 is 0.400 bits per heavy atom. The van der Waals surface area contributed by atoms with Crippen LogP contribution in [0.4, 0.5) is 24.0 Å². The quantitative estimate of drug-likeness (QED) is 0.0312. The summed E-state index contributed by atoms with van der Waals surface area (Å²) in [5, 5.41) is 19.3. The Hall–Kier alpha value is -4.34. The first-order valence-corrected chi connectivity index (χ1v) is 35.9. The topological polar surface area (TPSA) is 240 Å². The van der Waals surface area contributed by atoms with Gasteiger partial charge in [0.1, 0.15) is 12.2 Å². The van der Waals surface area contributed by atoms with Gasteiger partial charge in [0.2, 0.25) is 5.91 Å². The molecule has 8 amide bonds. The van der Waals surface area contributed by atoms with E-state index in [4.69, 9.17) is 28.4 Å². The van der Waals surface area contributed by atoms with Crippen LogP contribution in [0.2, 0.25) is 0 Å². The smallest absolute Gasteiger partial charge is 0.408 e. The van der Waals surface area contributed by atoms with Crippen molar-refractivity contribution in [3.63, 3.8) is 0 Å². The van der Waals surface area contributed by atoms with Crippen molar-refractivity contribution in [1.29, 1.82) is 0 Å². The number of hydrogen-bond donors (Lipinski definition) is 6. The number of alkyl carbamates (subject to hydrolysis) is 3. The molecule has 0 aromatic heterocycles. The zero-order valence-corrected chi connectivity index (χ0v) is 66.9. The Kier molecular flexibility index (Phi) is 35.5. The number of nitrogens with one attached hydrogen (secondary N) is 6. The zero-order valence-electron chi connectivity index (χ0n) is 66.9. The van der Waals surface area contributed by atoms with Crippen molar-refractivity contribution < 1.29 is 57.2 Å². The summed E-state index contributed by atoms with van der Waals surface area (Å²) in [7, 11) is 3.44. The van der Waals surface area contributed by atoms with Crippen LogP contribution in [-0.2, 0) is 33.2 Å². The average molecular weight is 1360 g/mol. The molecule has 0 aromatic rings. The highest BCUT2D eigenvalue weighted by atomic mass is 16.6. The molecule has 3 unspecified atom stereocenters. The Morgan fingerprint density at radius 3 is 1.25 bits per heavy atom. The van der Waals surface area contributed by atoms with E-state index < -0.39 is 84.4 Å². The lowest BCUT2D eigenvalue weighted by Crippen LogP contribution is -2.62. The second-order valence-electron chi connectivity index (χ2n) is 34.2. The first-order valence-electron chi connectivity index (χ1n) is 35.9. The maximum absolute atomic E-state index is 14.1. The van der Waals surface area contributed by atoms with Crippen LogP contribution in [0.15, 0.2) is 0 Å². The largest absolute Gasteiger partial charge is 0.449 e. The number of carbonyl (C=O) groups is 6. The van der Waals surface area contributed by atoms with E-state index in [2.05, 4.69) is 106 Å². The van der Waals surface area contributed by atoms with Crippen molar-refractivity contribution in [3.8, 4) is 0 Å². The third kappa shape index (κ3) is 31.2. The highest BCUT2D eigenvalue weighted by Gasteiger charge is 2.49. The molecule has 560 valence electrons. The van der Waals surface area contributed by atoms with Gasteiger partial charge in [0.05, 0.1) is 43.7 Å². The summed E-state index contributed by atoms with van der Waals surface area (Å²) in [6.45, 7) is 64.9. The number of nitrogens with zero attached hydrogens (tertiary/aromatic N) is 3. The van der Waals surface area contributed by atoms with Gasteiger partial charge in [-0.15, -0.1) is 0 Å². The van der Waals surface area contributed by atoms with Gasteiger partial charge in [-0.05, 0) is 191 Å². The molecular weight excluding hydrogens is 1210 g/mol. The van der Waals surface area contributed by atoms with Gasteiger partial charge in [-0.2, -0.15) is 0 Å². The summed E-state index contributed by atoms with van der Waals surface area (Å²) in [6.07, 6.45) is 6.05. The van der Waals surface area contributed by atoms with Crippen molar-refractivity contribution in [2.24, 2.45) is 21.7 Å². The van der Waals surface area contributed by atoms with Gasteiger partial charge in [-0.3, -0.25) is 9.69 Å². The fraction of sp³-hybridized carbons (Fsp3) is 0.919. The zero-order chi connectivity index (χ0) is 74.3. The van der Waals surface area contributed by atoms with E-state index in [-0.39, 0.29) is 62.6 Å². The van der Waals surface area contributed by atoms with Crippen LogP contribution >= 0.6 is 0 Å². The number of hydrogen-bond acceptors (Lipinski definition) is 13. The molecule has 21 heteroatoms.